The molecule has 128 valence electrons. The zero-order chi connectivity index (χ0) is 17.7. The minimum absolute atomic E-state index is 0.0319. The molecule has 8 heteroatoms. The minimum atomic E-state index is -3.81. The lowest BCUT2D eigenvalue weighted by molar-refractivity contribution is -0.142. The lowest BCUT2D eigenvalue weighted by atomic mass is 10.1. The predicted molar refractivity (Wildman–Crippen MR) is 94.0 cm³/mol. The summed E-state index contributed by atoms with van der Waals surface area (Å²) in [5.74, 6) is -0.334. The van der Waals surface area contributed by atoms with Crippen molar-refractivity contribution in [3.8, 4) is 0 Å². The molecule has 0 saturated carbocycles. The summed E-state index contributed by atoms with van der Waals surface area (Å²) < 4.78 is 32.0. The van der Waals surface area contributed by atoms with Crippen LogP contribution < -0.4 is 4.72 Å². The fourth-order valence-electron chi connectivity index (χ4n) is 1.97. The molecule has 0 saturated heterocycles. The van der Waals surface area contributed by atoms with Crippen molar-refractivity contribution in [3.05, 3.63) is 58.1 Å². The second-order valence-electron chi connectivity index (χ2n) is 4.89. The summed E-state index contributed by atoms with van der Waals surface area (Å²) in [6.45, 7) is 2.05. The van der Waals surface area contributed by atoms with Crippen molar-refractivity contribution in [2.45, 2.75) is 18.2 Å². The highest BCUT2D eigenvalue weighted by atomic mass is 35.5. The first-order valence-corrected chi connectivity index (χ1v) is 9.27. The van der Waals surface area contributed by atoms with Crippen molar-refractivity contribution in [1.29, 1.82) is 0 Å². The van der Waals surface area contributed by atoms with E-state index in [0.717, 1.165) is 5.56 Å². The maximum absolute atomic E-state index is 12.4. The molecular formula is C16H15Cl2NO4S. The maximum Gasteiger partial charge on any atom is 0.310 e. The number of sulfonamides is 1. The van der Waals surface area contributed by atoms with E-state index in [-0.39, 0.29) is 27.3 Å². The van der Waals surface area contributed by atoms with E-state index in [4.69, 9.17) is 27.9 Å². The first-order valence-electron chi connectivity index (χ1n) is 7.03. The van der Waals surface area contributed by atoms with E-state index in [9.17, 15) is 13.2 Å². The van der Waals surface area contributed by atoms with Gasteiger partial charge in [0.25, 0.3) is 10.0 Å². The third-order valence-corrected chi connectivity index (χ3v) is 4.80. The Morgan fingerprint density at radius 3 is 2.21 bits per heavy atom. The molecule has 0 aliphatic carbocycles. The number of nitrogens with one attached hydrogen (secondary N) is 1. The standard InChI is InChI=1S/C16H15Cl2NO4S/c1-2-23-16(20)7-11-3-5-14(6-4-11)19-24(21,22)15-9-12(17)8-13(18)10-15/h3-6,8-10,19H,2,7H2,1H3. The van der Waals surface area contributed by atoms with Gasteiger partial charge in [0.2, 0.25) is 0 Å². The van der Waals surface area contributed by atoms with Crippen molar-refractivity contribution in [3.63, 3.8) is 0 Å². The molecule has 2 rings (SSSR count). The van der Waals surface area contributed by atoms with E-state index in [2.05, 4.69) is 4.72 Å². The molecule has 0 unspecified atom stereocenters. The average Bonchev–Trinajstić information content (AvgIpc) is 2.48. The lowest BCUT2D eigenvalue weighted by Crippen LogP contribution is -2.13. The number of anilines is 1. The summed E-state index contributed by atoms with van der Waals surface area (Å²) in [4.78, 5) is 11.4. The number of hydrogen-bond acceptors (Lipinski definition) is 4. The first kappa shape index (κ1) is 18.6. The van der Waals surface area contributed by atoms with Gasteiger partial charge in [0.05, 0.1) is 17.9 Å². The molecule has 0 aliphatic rings. The van der Waals surface area contributed by atoms with E-state index in [1.165, 1.54) is 18.2 Å². The van der Waals surface area contributed by atoms with Gasteiger partial charge in [-0.15, -0.1) is 0 Å². The largest absolute Gasteiger partial charge is 0.466 e. The van der Waals surface area contributed by atoms with Gasteiger partial charge >= 0.3 is 5.97 Å². The third-order valence-electron chi connectivity index (χ3n) is 3.01. The van der Waals surface area contributed by atoms with Gasteiger partial charge in [-0.05, 0) is 42.8 Å². The van der Waals surface area contributed by atoms with Gasteiger partial charge in [-0.2, -0.15) is 0 Å². The SMILES string of the molecule is CCOC(=O)Cc1ccc(NS(=O)(=O)c2cc(Cl)cc(Cl)c2)cc1. The summed E-state index contributed by atoms with van der Waals surface area (Å²) in [5, 5.41) is 0.459. The molecule has 2 aromatic rings. The van der Waals surface area contributed by atoms with Crippen LogP contribution in [0, 0.1) is 0 Å². The van der Waals surface area contributed by atoms with Crippen LogP contribution >= 0.6 is 23.2 Å². The van der Waals surface area contributed by atoms with Gasteiger partial charge in [-0.25, -0.2) is 8.42 Å². The summed E-state index contributed by atoms with van der Waals surface area (Å²) in [5.41, 5.74) is 1.08. The molecule has 5 nitrogen and oxygen atoms in total. The van der Waals surface area contributed by atoms with Crippen LogP contribution in [0.2, 0.25) is 10.0 Å². The van der Waals surface area contributed by atoms with Crippen molar-refractivity contribution >= 4 is 44.9 Å². The number of carbonyl (C=O) groups excluding carboxylic acids is 1. The van der Waals surface area contributed by atoms with E-state index < -0.39 is 10.0 Å². The molecule has 0 aliphatic heterocycles. The summed E-state index contributed by atoms with van der Waals surface area (Å²) >= 11 is 11.7. The van der Waals surface area contributed by atoms with Crippen molar-refractivity contribution in [2.24, 2.45) is 0 Å². The van der Waals surface area contributed by atoms with E-state index >= 15 is 0 Å². The number of hydrogen-bond donors (Lipinski definition) is 1. The number of halogens is 2. The Bertz CT molecular complexity index is 815. The number of benzene rings is 2. The van der Waals surface area contributed by atoms with Crippen molar-refractivity contribution < 1.29 is 17.9 Å². The number of rotatable bonds is 6. The smallest absolute Gasteiger partial charge is 0.310 e. The molecule has 24 heavy (non-hydrogen) atoms. The normalized spacial score (nSPS) is 11.1. The highest BCUT2D eigenvalue weighted by molar-refractivity contribution is 7.92. The molecule has 0 bridgehead atoms. The Morgan fingerprint density at radius 2 is 1.67 bits per heavy atom. The molecular weight excluding hydrogens is 373 g/mol. The van der Waals surface area contributed by atoms with Crippen LogP contribution in [-0.4, -0.2) is 21.0 Å². The number of esters is 1. The Morgan fingerprint density at radius 1 is 1.08 bits per heavy atom. The third kappa shape index (κ3) is 5.12. The average molecular weight is 388 g/mol. The highest BCUT2D eigenvalue weighted by Gasteiger charge is 2.16. The minimum Gasteiger partial charge on any atom is -0.466 e. The highest BCUT2D eigenvalue weighted by Crippen LogP contribution is 2.24. The predicted octanol–water partition coefficient (Wildman–Crippen LogP) is 3.90. The van der Waals surface area contributed by atoms with Crippen LogP contribution in [0.3, 0.4) is 0 Å². The molecule has 0 radical (unpaired) electrons. The molecule has 0 aromatic heterocycles. The van der Waals surface area contributed by atoms with Crippen LogP contribution in [-0.2, 0) is 26.0 Å². The van der Waals surface area contributed by atoms with Gasteiger partial charge in [0, 0.05) is 15.7 Å². The Hall–Kier alpha value is -1.76. The quantitative estimate of drug-likeness (QED) is 0.762. The monoisotopic (exact) mass is 387 g/mol. The fraction of sp³-hybridized carbons (Fsp3) is 0.188. The second-order valence-corrected chi connectivity index (χ2v) is 7.44. The molecule has 0 spiro atoms. The van der Waals surface area contributed by atoms with Crippen LogP contribution in [0.4, 0.5) is 5.69 Å². The summed E-state index contributed by atoms with van der Waals surface area (Å²) in [7, 11) is -3.81. The Labute approximate surface area is 150 Å². The second kappa shape index (κ2) is 7.88. The van der Waals surface area contributed by atoms with Crippen molar-refractivity contribution in [2.75, 3.05) is 11.3 Å². The molecule has 2 aromatic carbocycles. The van der Waals surface area contributed by atoms with Crippen LogP contribution in [0.1, 0.15) is 12.5 Å². The first-order chi connectivity index (χ1) is 11.3. The van der Waals surface area contributed by atoms with Crippen LogP contribution in [0.25, 0.3) is 0 Å². The molecule has 0 fully saturated rings. The van der Waals surface area contributed by atoms with Crippen LogP contribution in [0.5, 0.6) is 0 Å². The van der Waals surface area contributed by atoms with Crippen LogP contribution in [0.15, 0.2) is 47.4 Å². The van der Waals surface area contributed by atoms with E-state index in [0.29, 0.717) is 12.3 Å². The van der Waals surface area contributed by atoms with E-state index in [1.807, 2.05) is 0 Å². The zero-order valence-corrected chi connectivity index (χ0v) is 15.1. The number of ether oxygens (including phenoxy) is 1. The lowest BCUT2D eigenvalue weighted by Gasteiger charge is -2.09. The Balaban J connectivity index is 2.14. The van der Waals surface area contributed by atoms with Gasteiger partial charge in [0.15, 0.2) is 0 Å². The fourth-order valence-corrected chi connectivity index (χ4v) is 3.75. The molecule has 1 N–H and O–H groups in total. The molecule has 0 heterocycles. The van der Waals surface area contributed by atoms with E-state index in [1.54, 1.807) is 31.2 Å². The Kier molecular flexibility index (Phi) is 6.10. The van der Waals surface area contributed by atoms with Gasteiger partial charge in [0.1, 0.15) is 0 Å². The number of carbonyl (C=O) groups is 1. The summed E-state index contributed by atoms with van der Waals surface area (Å²) in [6, 6.07) is 10.5. The zero-order valence-electron chi connectivity index (χ0n) is 12.8. The van der Waals surface area contributed by atoms with Gasteiger partial charge in [-0.3, -0.25) is 9.52 Å². The maximum atomic E-state index is 12.4. The molecule has 0 atom stereocenters. The molecule has 0 amide bonds. The van der Waals surface area contributed by atoms with Crippen molar-refractivity contribution in [1.82, 2.24) is 0 Å². The van der Waals surface area contributed by atoms with Gasteiger partial charge < -0.3 is 4.74 Å². The summed E-state index contributed by atoms with van der Waals surface area (Å²) in [6.07, 6.45) is 0.130. The topological polar surface area (TPSA) is 72.5 Å². The van der Waals surface area contributed by atoms with Gasteiger partial charge in [-0.1, -0.05) is 35.3 Å².